The number of carbonyl (C=O) groups excluding carboxylic acids is 1. The lowest BCUT2D eigenvalue weighted by Crippen LogP contribution is -2.33. The highest BCUT2D eigenvalue weighted by molar-refractivity contribution is 9.10. The molecule has 0 aromatic heterocycles. The van der Waals surface area contributed by atoms with Crippen LogP contribution in [0.15, 0.2) is 52.5 Å². The fourth-order valence-corrected chi connectivity index (χ4v) is 3.69. The summed E-state index contributed by atoms with van der Waals surface area (Å²) in [7, 11) is 0. The van der Waals surface area contributed by atoms with Crippen LogP contribution in [0.5, 0.6) is 5.75 Å². The van der Waals surface area contributed by atoms with E-state index in [9.17, 15) is 15.3 Å². The average Bonchev–Trinajstić information content (AvgIpc) is 3.24. The van der Waals surface area contributed by atoms with Crippen LogP contribution in [0.4, 0.5) is 0 Å². The van der Waals surface area contributed by atoms with Crippen LogP contribution in [-0.2, 0) is 11.4 Å². The molecule has 146 valence electrons. The number of nitriles is 2. The Kier molecular flexibility index (Phi) is 7.05. The molecule has 0 unspecified atom stereocenters. The number of carbonyl (C=O) groups is 1. The van der Waals surface area contributed by atoms with Crippen molar-refractivity contribution < 1.29 is 9.53 Å². The number of hydrogen-bond donors (Lipinski definition) is 1. The Morgan fingerprint density at radius 3 is 2.69 bits per heavy atom. The summed E-state index contributed by atoms with van der Waals surface area (Å²) in [6.45, 7) is 0.211. The molecule has 0 saturated heterocycles. The van der Waals surface area contributed by atoms with Gasteiger partial charge in [0, 0.05) is 21.6 Å². The molecular formula is C23H20BrN3O2. The first-order chi connectivity index (χ1) is 14.1. The predicted octanol–water partition coefficient (Wildman–Crippen LogP) is 4.87. The van der Waals surface area contributed by atoms with E-state index in [1.807, 2.05) is 24.3 Å². The van der Waals surface area contributed by atoms with Crippen LogP contribution in [0.3, 0.4) is 0 Å². The zero-order chi connectivity index (χ0) is 20.6. The molecule has 0 spiro atoms. The molecule has 2 aromatic rings. The third-order valence-corrected chi connectivity index (χ3v) is 5.34. The molecule has 0 aliphatic heterocycles. The van der Waals surface area contributed by atoms with Crippen molar-refractivity contribution in [3.05, 3.63) is 69.2 Å². The van der Waals surface area contributed by atoms with Crippen molar-refractivity contribution in [1.29, 1.82) is 10.5 Å². The van der Waals surface area contributed by atoms with Crippen LogP contribution in [0.25, 0.3) is 6.08 Å². The SMILES string of the molecule is N#C/C(=C/c1cc(Br)ccc1OCc1ccccc1C#N)C(=O)NC1CCCC1. The Hall–Kier alpha value is -3.09. The fourth-order valence-electron chi connectivity index (χ4n) is 3.31. The molecule has 0 atom stereocenters. The van der Waals surface area contributed by atoms with Crippen molar-refractivity contribution >= 4 is 27.9 Å². The second-order valence-corrected chi connectivity index (χ2v) is 7.78. The molecule has 1 amide bonds. The number of hydrogen-bond acceptors (Lipinski definition) is 4. The van der Waals surface area contributed by atoms with E-state index in [1.165, 1.54) is 0 Å². The Morgan fingerprint density at radius 1 is 1.21 bits per heavy atom. The van der Waals surface area contributed by atoms with E-state index in [2.05, 4.69) is 27.3 Å². The van der Waals surface area contributed by atoms with Crippen molar-refractivity contribution in [1.82, 2.24) is 5.32 Å². The normalized spacial score (nSPS) is 14.1. The third-order valence-electron chi connectivity index (χ3n) is 4.85. The van der Waals surface area contributed by atoms with E-state index >= 15 is 0 Å². The topological polar surface area (TPSA) is 85.9 Å². The minimum absolute atomic E-state index is 0.0391. The molecule has 1 N–H and O–H groups in total. The summed E-state index contributed by atoms with van der Waals surface area (Å²) in [6, 6.07) is 16.9. The summed E-state index contributed by atoms with van der Waals surface area (Å²) in [4.78, 5) is 12.5. The van der Waals surface area contributed by atoms with Crippen LogP contribution in [0, 0.1) is 22.7 Å². The number of rotatable bonds is 6. The molecule has 29 heavy (non-hydrogen) atoms. The standard InChI is InChI=1S/C23H20BrN3O2/c24-20-9-10-22(29-15-17-6-2-1-5-16(17)13-25)18(12-20)11-19(14-26)23(28)27-21-7-3-4-8-21/h1-2,5-6,9-12,21H,3-4,7-8,15H2,(H,27,28)/b19-11-. The largest absolute Gasteiger partial charge is 0.488 e. The van der Waals surface area contributed by atoms with E-state index < -0.39 is 0 Å². The van der Waals surface area contributed by atoms with Gasteiger partial charge < -0.3 is 10.1 Å². The van der Waals surface area contributed by atoms with Gasteiger partial charge in [-0.3, -0.25) is 4.79 Å². The van der Waals surface area contributed by atoms with E-state index in [1.54, 1.807) is 30.3 Å². The van der Waals surface area contributed by atoms with Crippen LogP contribution in [0.1, 0.15) is 42.4 Å². The van der Waals surface area contributed by atoms with Crippen molar-refractivity contribution in [2.24, 2.45) is 0 Å². The maximum absolute atomic E-state index is 12.5. The summed E-state index contributed by atoms with van der Waals surface area (Å²) in [5, 5.41) is 21.7. The molecule has 0 heterocycles. The summed E-state index contributed by atoms with van der Waals surface area (Å²) in [5.41, 5.74) is 1.98. The highest BCUT2D eigenvalue weighted by Crippen LogP contribution is 2.27. The number of nitrogens with one attached hydrogen (secondary N) is 1. The Bertz CT molecular complexity index is 1010. The van der Waals surface area contributed by atoms with Gasteiger partial charge in [-0.1, -0.05) is 47.0 Å². The smallest absolute Gasteiger partial charge is 0.262 e. The van der Waals surface area contributed by atoms with Gasteiger partial charge in [-0.15, -0.1) is 0 Å². The molecule has 1 saturated carbocycles. The lowest BCUT2D eigenvalue weighted by atomic mass is 10.1. The summed E-state index contributed by atoms with van der Waals surface area (Å²) >= 11 is 3.42. The quantitative estimate of drug-likeness (QED) is 0.503. The van der Waals surface area contributed by atoms with Crippen molar-refractivity contribution in [2.75, 3.05) is 0 Å². The van der Waals surface area contributed by atoms with E-state index in [4.69, 9.17) is 4.74 Å². The van der Waals surface area contributed by atoms with Gasteiger partial charge in [0.2, 0.25) is 0 Å². The molecular weight excluding hydrogens is 430 g/mol. The highest BCUT2D eigenvalue weighted by atomic mass is 79.9. The van der Waals surface area contributed by atoms with Crippen molar-refractivity contribution in [3.8, 4) is 17.9 Å². The van der Waals surface area contributed by atoms with Crippen LogP contribution < -0.4 is 10.1 Å². The van der Waals surface area contributed by atoms with Crippen LogP contribution in [-0.4, -0.2) is 11.9 Å². The third kappa shape index (κ3) is 5.47. The molecule has 3 rings (SSSR count). The van der Waals surface area contributed by atoms with E-state index in [0.29, 0.717) is 16.9 Å². The maximum Gasteiger partial charge on any atom is 0.262 e. The van der Waals surface area contributed by atoms with Gasteiger partial charge >= 0.3 is 0 Å². The minimum Gasteiger partial charge on any atom is -0.488 e. The van der Waals surface area contributed by atoms with Gasteiger partial charge in [-0.05, 0) is 43.2 Å². The molecule has 5 nitrogen and oxygen atoms in total. The summed E-state index contributed by atoms with van der Waals surface area (Å²) < 4.78 is 6.73. The van der Waals surface area contributed by atoms with Gasteiger partial charge in [-0.25, -0.2) is 0 Å². The van der Waals surface area contributed by atoms with Gasteiger partial charge in [0.25, 0.3) is 5.91 Å². The van der Waals surface area contributed by atoms with Crippen molar-refractivity contribution in [2.45, 2.75) is 38.3 Å². The van der Waals surface area contributed by atoms with E-state index in [-0.39, 0.29) is 24.1 Å². The van der Waals surface area contributed by atoms with Crippen LogP contribution in [0.2, 0.25) is 0 Å². The number of amides is 1. The average molecular weight is 450 g/mol. The molecule has 0 bridgehead atoms. The van der Waals surface area contributed by atoms with Gasteiger partial charge in [0.05, 0.1) is 11.6 Å². The minimum atomic E-state index is -0.361. The summed E-state index contributed by atoms with van der Waals surface area (Å²) in [5.74, 6) is 0.169. The maximum atomic E-state index is 12.5. The lowest BCUT2D eigenvalue weighted by molar-refractivity contribution is -0.117. The zero-order valence-electron chi connectivity index (χ0n) is 15.8. The predicted molar refractivity (Wildman–Crippen MR) is 114 cm³/mol. The van der Waals surface area contributed by atoms with Crippen molar-refractivity contribution in [3.63, 3.8) is 0 Å². The zero-order valence-corrected chi connectivity index (χ0v) is 17.4. The first-order valence-electron chi connectivity index (χ1n) is 9.43. The monoisotopic (exact) mass is 449 g/mol. The van der Waals surface area contributed by atoms with Crippen LogP contribution >= 0.6 is 15.9 Å². The highest BCUT2D eigenvalue weighted by Gasteiger charge is 2.19. The molecule has 1 fully saturated rings. The second-order valence-electron chi connectivity index (χ2n) is 6.86. The van der Waals surface area contributed by atoms with Gasteiger partial charge in [0.1, 0.15) is 24.0 Å². The van der Waals surface area contributed by atoms with Gasteiger partial charge in [0.15, 0.2) is 0 Å². The van der Waals surface area contributed by atoms with Gasteiger partial charge in [-0.2, -0.15) is 10.5 Å². The molecule has 1 aliphatic carbocycles. The molecule has 6 heteroatoms. The molecule has 2 aromatic carbocycles. The number of benzene rings is 2. The second kappa shape index (κ2) is 9.91. The Labute approximate surface area is 178 Å². The molecule has 0 radical (unpaired) electrons. The number of halogens is 1. The Morgan fingerprint density at radius 2 is 1.97 bits per heavy atom. The van der Waals surface area contributed by atoms with E-state index in [0.717, 1.165) is 35.7 Å². The number of nitrogens with zero attached hydrogens (tertiary/aromatic N) is 2. The Balaban J connectivity index is 1.81. The summed E-state index contributed by atoms with van der Waals surface area (Å²) in [6.07, 6.45) is 5.65. The lowest BCUT2D eigenvalue weighted by Gasteiger charge is -2.13. The number of ether oxygens (including phenoxy) is 1. The molecule has 1 aliphatic rings. The fraction of sp³-hybridized carbons (Fsp3) is 0.261. The first-order valence-corrected chi connectivity index (χ1v) is 10.2. The first kappa shape index (κ1) is 20.6.